The third-order valence-electron chi connectivity index (χ3n) is 2.82. The molecular formula is C10H17NO3. The molecule has 0 aromatic rings. The summed E-state index contributed by atoms with van der Waals surface area (Å²) in [6.07, 6.45) is 4.83. The van der Waals surface area contributed by atoms with Crippen LogP contribution < -0.4 is 0 Å². The van der Waals surface area contributed by atoms with E-state index in [0.29, 0.717) is 6.29 Å². The molecule has 1 aliphatic carbocycles. The zero-order valence-electron chi connectivity index (χ0n) is 8.48. The lowest BCUT2D eigenvalue weighted by atomic mass is 9.93. The van der Waals surface area contributed by atoms with E-state index in [9.17, 15) is 9.59 Å². The third kappa shape index (κ3) is 2.47. The Labute approximate surface area is 83.9 Å². The van der Waals surface area contributed by atoms with Gasteiger partial charge in [-0.15, -0.1) is 0 Å². The van der Waals surface area contributed by atoms with Crippen LogP contribution in [0.15, 0.2) is 0 Å². The van der Waals surface area contributed by atoms with E-state index < -0.39 is 12.1 Å². The van der Waals surface area contributed by atoms with Crippen LogP contribution in [-0.4, -0.2) is 34.5 Å². The van der Waals surface area contributed by atoms with E-state index in [4.69, 9.17) is 5.11 Å². The predicted octanol–water partition coefficient (Wildman–Crippen LogP) is 1.89. The van der Waals surface area contributed by atoms with Crippen molar-refractivity contribution in [3.63, 3.8) is 0 Å². The molecule has 1 rings (SSSR count). The molecule has 1 fully saturated rings. The van der Waals surface area contributed by atoms with Gasteiger partial charge in [0.25, 0.3) is 0 Å². The summed E-state index contributed by atoms with van der Waals surface area (Å²) in [5.41, 5.74) is 0. The number of rotatable bonds is 3. The maximum absolute atomic E-state index is 11.0. The van der Waals surface area contributed by atoms with Crippen LogP contribution in [0.5, 0.6) is 0 Å². The lowest BCUT2D eigenvalue weighted by Gasteiger charge is -2.34. The topological polar surface area (TPSA) is 57.6 Å². The zero-order valence-corrected chi connectivity index (χ0v) is 8.48. The maximum atomic E-state index is 11.0. The van der Waals surface area contributed by atoms with Gasteiger partial charge < -0.3 is 9.90 Å². The number of hydrogen-bond acceptors (Lipinski definition) is 2. The molecule has 80 valence electrons. The fourth-order valence-corrected chi connectivity index (χ4v) is 2.09. The summed E-state index contributed by atoms with van der Waals surface area (Å²) < 4.78 is 0. The number of carbonyl (C=O) groups excluding carboxylic acids is 1. The van der Waals surface area contributed by atoms with E-state index in [-0.39, 0.29) is 6.04 Å². The van der Waals surface area contributed by atoms with Gasteiger partial charge in [-0.3, -0.25) is 4.90 Å². The van der Waals surface area contributed by atoms with Gasteiger partial charge in [0, 0.05) is 6.04 Å². The van der Waals surface area contributed by atoms with Gasteiger partial charge >= 0.3 is 6.09 Å². The fraction of sp³-hybridized carbons (Fsp3) is 0.800. The van der Waals surface area contributed by atoms with Gasteiger partial charge in [0.15, 0.2) is 0 Å². The Morgan fingerprint density at radius 1 is 1.43 bits per heavy atom. The molecule has 0 bridgehead atoms. The van der Waals surface area contributed by atoms with Crippen LogP contribution in [0.4, 0.5) is 4.79 Å². The second-order valence-electron chi connectivity index (χ2n) is 3.86. The van der Waals surface area contributed by atoms with E-state index >= 15 is 0 Å². The van der Waals surface area contributed by atoms with Gasteiger partial charge in [-0.25, -0.2) is 4.79 Å². The molecule has 1 atom stereocenters. The van der Waals surface area contributed by atoms with E-state index in [1.807, 2.05) is 0 Å². The van der Waals surface area contributed by atoms with Crippen LogP contribution in [-0.2, 0) is 4.79 Å². The summed E-state index contributed by atoms with van der Waals surface area (Å²) in [4.78, 5) is 22.9. The number of aldehydes is 1. The molecule has 1 saturated carbocycles. The van der Waals surface area contributed by atoms with E-state index in [0.717, 1.165) is 25.7 Å². The highest BCUT2D eigenvalue weighted by Crippen LogP contribution is 2.23. The van der Waals surface area contributed by atoms with Crippen LogP contribution in [0.25, 0.3) is 0 Å². The highest BCUT2D eigenvalue weighted by molar-refractivity contribution is 5.71. The summed E-state index contributed by atoms with van der Waals surface area (Å²) in [5.74, 6) is 0. The summed E-state index contributed by atoms with van der Waals surface area (Å²) in [5, 5.41) is 8.99. The molecule has 0 radical (unpaired) electrons. The van der Waals surface area contributed by atoms with Crippen molar-refractivity contribution in [2.75, 3.05) is 0 Å². The number of carbonyl (C=O) groups is 2. The van der Waals surface area contributed by atoms with Crippen molar-refractivity contribution in [1.29, 1.82) is 0 Å². The quantitative estimate of drug-likeness (QED) is 0.706. The average Bonchev–Trinajstić information content (AvgIpc) is 2.19. The van der Waals surface area contributed by atoms with Crippen LogP contribution >= 0.6 is 0 Å². The Morgan fingerprint density at radius 3 is 2.43 bits per heavy atom. The van der Waals surface area contributed by atoms with E-state index in [1.54, 1.807) is 6.92 Å². The summed E-state index contributed by atoms with van der Waals surface area (Å²) in [7, 11) is 0. The predicted molar refractivity (Wildman–Crippen MR) is 52.3 cm³/mol. The third-order valence-corrected chi connectivity index (χ3v) is 2.82. The minimum Gasteiger partial charge on any atom is -0.465 e. The first-order chi connectivity index (χ1) is 6.66. The molecule has 4 nitrogen and oxygen atoms in total. The molecule has 0 spiro atoms. The van der Waals surface area contributed by atoms with Crippen molar-refractivity contribution in [2.45, 2.75) is 51.1 Å². The van der Waals surface area contributed by atoms with Crippen molar-refractivity contribution in [3.8, 4) is 0 Å². The standard InChI is InChI=1S/C10H17NO3/c1-8(7-12)11(10(13)14)9-5-3-2-4-6-9/h7-9H,2-6H2,1H3,(H,13,14). The van der Waals surface area contributed by atoms with Gasteiger partial charge in [0.1, 0.15) is 6.29 Å². The minimum absolute atomic E-state index is 0.0430. The highest BCUT2D eigenvalue weighted by atomic mass is 16.4. The second kappa shape index (κ2) is 4.98. The van der Waals surface area contributed by atoms with Crippen molar-refractivity contribution in [1.82, 2.24) is 4.90 Å². The molecule has 1 amide bonds. The second-order valence-corrected chi connectivity index (χ2v) is 3.86. The molecule has 0 aromatic carbocycles. The van der Waals surface area contributed by atoms with Crippen LogP contribution in [0.3, 0.4) is 0 Å². The summed E-state index contributed by atoms with van der Waals surface area (Å²) in [6.45, 7) is 1.63. The zero-order chi connectivity index (χ0) is 10.6. The smallest absolute Gasteiger partial charge is 0.408 e. The monoisotopic (exact) mass is 199 g/mol. The molecule has 0 aliphatic heterocycles. The fourth-order valence-electron chi connectivity index (χ4n) is 2.09. The average molecular weight is 199 g/mol. The Morgan fingerprint density at radius 2 is 2.00 bits per heavy atom. The highest BCUT2D eigenvalue weighted by Gasteiger charge is 2.28. The first-order valence-corrected chi connectivity index (χ1v) is 5.13. The van der Waals surface area contributed by atoms with Gasteiger partial charge in [0.05, 0.1) is 6.04 Å². The molecule has 1 aliphatic rings. The Kier molecular flexibility index (Phi) is 3.92. The van der Waals surface area contributed by atoms with E-state index in [2.05, 4.69) is 0 Å². The van der Waals surface area contributed by atoms with Crippen molar-refractivity contribution < 1.29 is 14.7 Å². The number of hydrogen-bond donors (Lipinski definition) is 1. The first-order valence-electron chi connectivity index (χ1n) is 5.13. The van der Waals surface area contributed by atoms with Crippen molar-refractivity contribution >= 4 is 12.4 Å². The van der Waals surface area contributed by atoms with E-state index in [1.165, 1.54) is 11.3 Å². The van der Waals surface area contributed by atoms with Crippen LogP contribution in [0.1, 0.15) is 39.0 Å². The minimum atomic E-state index is -0.975. The Balaban J connectivity index is 2.65. The normalized spacial score (nSPS) is 20.1. The molecule has 4 heteroatoms. The van der Waals surface area contributed by atoms with Gasteiger partial charge in [-0.2, -0.15) is 0 Å². The molecule has 0 heterocycles. The van der Waals surface area contributed by atoms with Crippen molar-refractivity contribution in [2.24, 2.45) is 0 Å². The van der Waals surface area contributed by atoms with Crippen molar-refractivity contribution in [3.05, 3.63) is 0 Å². The molecule has 0 saturated heterocycles. The van der Waals surface area contributed by atoms with Gasteiger partial charge in [0.2, 0.25) is 0 Å². The van der Waals surface area contributed by atoms with Gasteiger partial charge in [-0.05, 0) is 19.8 Å². The largest absolute Gasteiger partial charge is 0.465 e. The maximum Gasteiger partial charge on any atom is 0.408 e. The molecule has 0 aromatic heterocycles. The SMILES string of the molecule is CC(C=O)N(C(=O)O)C1CCCCC1. The molecule has 1 N–H and O–H groups in total. The Hall–Kier alpha value is -1.06. The molecule has 14 heavy (non-hydrogen) atoms. The van der Waals surface area contributed by atoms with Gasteiger partial charge in [-0.1, -0.05) is 19.3 Å². The summed E-state index contributed by atoms with van der Waals surface area (Å²) >= 11 is 0. The lowest BCUT2D eigenvalue weighted by Crippen LogP contribution is -2.46. The number of carboxylic acid groups (broad SMARTS) is 1. The number of amides is 1. The molecule has 1 unspecified atom stereocenters. The van der Waals surface area contributed by atoms with Crippen LogP contribution in [0, 0.1) is 0 Å². The number of nitrogens with zero attached hydrogens (tertiary/aromatic N) is 1. The van der Waals surface area contributed by atoms with Crippen LogP contribution in [0.2, 0.25) is 0 Å². The lowest BCUT2D eigenvalue weighted by molar-refractivity contribution is -0.112. The Bertz CT molecular complexity index is 211. The first kappa shape index (κ1) is 11.0. The summed E-state index contributed by atoms with van der Waals surface area (Å²) in [6, 6.07) is -0.475. The molecular weight excluding hydrogens is 182 g/mol.